The van der Waals surface area contributed by atoms with Gasteiger partial charge in [-0.2, -0.15) is 0 Å². The van der Waals surface area contributed by atoms with Crippen LogP contribution in [-0.2, 0) is 11.2 Å². The molecule has 0 spiro atoms. The number of fused-ring (bicyclic) bond motifs is 1. The Balaban J connectivity index is 0.000000628. The van der Waals surface area contributed by atoms with Crippen LogP contribution in [0.2, 0.25) is 0 Å². The van der Waals surface area contributed by atoms with Crippen molar-refractivity contribution in [1.29, 1.82) is 0 Å². The summed E-state index contributed by atoms with van der Waals surface area (Å²) in [6.07, 6.45) is 16.9. The van der Waals surface area contributed by atoms with Gasteiger partial charge in [0, 0.05) is 38.7 Å². The Morgan fingerprint density at radius 3 is 2.36 bits per heavy atom. The lowest BCUT2D eigenvalue weighted by Crippen LogP contribution is -2.38. The number of rotatable bonds is 14. The van der Waals surface area contributed by atoms with Gasteiger partial charge in [0.05, 0.1) is 24.3 Å². The second-order valence-corrected chi connectivity index (χ2v) is 11.0. The van der Waals surface area contributed by atoms with Crippen molar-refractivity contribution in [2.24, 2.45) is 5.92 Å². The van der Waals surface area contributed by atoms with Gasteiger partial charge >= 0.3 is 0 Å². The number of morpholine rings is 1. The number of aliphatic hydroxyl groups is 1. The van der Waals surface area contributed by atoms with Gasteiger partial charge in [-0.25, -0.2) is 0 Å². The maximum Gasteiger partial charge on any atom is 0.255 e. The summed E-state index contributed by atoms with van der Waals surface area (Å²) in [5, 5.41) is 11.0. The first-order valence-corrected chi connectivity index (χ1v) is 16.5. The highest BCUT2D eigenvalue weighted by Crippen LogP contribution is 2.30. The fourth-order valence-electron chi connectivity index (χ4n) is 5.20. The van der Waals surface area contributed by atoms with E-state index in [-0.39, 0.29) is 5.56 Å². The smallest absolute Gasteiger partial charge is 0.255 e. The van der Waals surface area contributed by atoms with E-state index < -0.39 is 0 Å². The molecule has 7 heteroatoms. The molecule has 240 valence electrons. The largest absolute Gasteiger partial charge is 0.491 e. The van der Waals surface area contributed by atoms with Gasteiger partial charge in [0.25, 0.3) is 5.56 Å². The number of aliphatic hydroxyl groups excluding tert-OH is 1. The van der Waals surface area contributed by atoms with Crippen LogP contribution in [0.25, 0.3) is 10.9 Å². The Labute approximate surface area is 256 Å². The lowest BCUT2D eigenvalue weighted by molar-refractivity contribution is 0.0323. The van der Waals surface area contributed by atoms with Crippen molar-refractivity contribution in [2.45, 2.75) is 97.8 Å². The molecule has 2 aromatic rings. The third-order valence-electron chi connectivity index (χ3n) is 7.78. The van der Waals surface area contributed by atoms with E-state index in [9.17, 15) is 4.79 Å². The predicted molar refractivity (Wildman–Crippen MR) is 179 cm³/mol. The standard InChI is InChI=1S/C25H36N2O3.C5H11N.C4H10.CH4O/c28-25-22(12-3-1-2-8-20-9-4-5-10-20)24(21-11-6-7-13-23(21)26-25)30-19-16-27-14-17-29-18-15-27;1-3-5-6-4-2;1-3-4-2;1-2/h6-7,11,13,20H,1-5,8-10,12,14-19H2,(H,26,28);4,6H,2-3,5H2,1H3;3-4H2,1-2H3;2H,1H3. The minimum atomic E-state index is 0.00543. The summed E-state index contributed by atoms with van der Waals surface area (Å²) in [4.78, 5) is 18.3. The van der Waals surface area contributed by atoms with Crippen LogP contribution < -0.4 is 15.6 Å². The molecule has 2 heterocycles. The Bertz CT molecular complexity index is 980. The lowest BCUT2D eigenvalue weighted by atomic mass is 9.98. The van der Waals surface area contributed by atoms with E-state index in [1.54, 1.807) is 6.20 Å². The van der Waals surface area contributed by atoms with Crippen LogP contribution in [-0.4, -0.2) is 68.1 Å². The third kappa shape index (κ3) is 15.2. The monoisotopic (exact) mass is 587 g/mol. The number of nitrogens with zero attached hydrogens (tertiary/aromatic N) is 1. The summed E-state index contributed by atoms with van der Waals surface area (Å²) in [6.45, 7) is 16.0. The number of nitrogens with one attached hydrogen (secondary N) is 2. The molecule has 0 atom stereocenters. The van der Waals surface area contributed by atoms with Crippen molar-refractivity contribution in [3.63, 3.8) is 0 Å². The molecule has 1 aliphatic heterocycles. The molecule has 0 bridgehead atoms. The number of H-pyrrole nitrogens is 1. The molecule has 0 unspecified atom stereocenters. The third-order valence-corrected chi connectivity index (χ3v) is 7.78. The van der Waals surface area contributed by atoms with Crippen molar-refractivity contribution in [1.82, 2.24) is 15.2 Å². The van der Waals surface area contributed by atoms with Gasteiger partial charge < -0.3 is 24.9 Å². The number of aromatic nitrogens is 1. The predicted octanol–water partition coefficient (Wildman–Crippen LogP) is 7.08. The van der Waals surface area contributed by atoms with Gasteiger partial charge in [-0.05, 0) is 43.5 Å². The molecule has 0 radical (unpaired) electrons. The highest BCUT2D eigenvalue weighted by Gasteiger charge is 2.17. The number of para-hydroxylation sites is 1. The maximum atomic E-state index is 12.8. The van der Waals surface area contributed by atoms with Crippen molar-refractivity contribution < 1.29 is 14.6 Å². The number of pyridine rings is 1. The number of ether oxygens (including phenoxy) is 2. The Morgan fingerprint density at radius 2 is 1.74 bits per heavy atom. The number of aromatic amines is 1. The van der Waals surface area contributed by atoms with Gasteiger partial charge in [-0.1, -0.05) is 97.3 Å². The summed E-state index contributed by atoms with van der Waals surface area (Å²) in [5.41, 5.74) is 1.68. The molecule has 7 nitrogen and oxygen atoms in total. The zero-order valence-corrected chi connectivity index (χ0v) is 27.2. The van der Waals surface area contributed by atoms with E-state index >= 15 is 0 Å². The summed E-state index contributed by atoms with van der Waals surface area (Å²) in [7, 11) is 1.00. The molecular formula is C35H61N3O4. The molecular weight excluding hydrogens is 526 g/mol. The molecule has 42 heavy (non-hydrogen) atoms. The molecule has 3 N–H and O–H groups in total. The second kappa shape index (κ2) is 25.2. The molecule has 4 rings (SSSR count). The van der Waals surface area contributed by atoms with Crippen LogP contribution in [0.15, 0.2) is 41.8 Å². The average molecular weight is 588 g/mol. The quantitative estimate of drug-likeness (QED) is 0.205. The van der Waals surface area contributed by atoms with Crippen molar-refractivity contribution in [3.05, 3.63) is 53.0 Å². The summed E-state index contributed by atoms with van der Waals surface area (Å²) >= 11 is 0. The van der Waals surface area contributed by atoms with Crippen molar-refractivity contribution in [2.75, 3.05) is 53.1 Å². The van der Waals surface area contributed by atoms with Gasteiger partial charge in [-0.3, -0.25) is 9.69 Å². The van der Waals surface area contributed by atoms with E-state index in [1.807, 2.05) is 18.2 Å². The fraction of sp³-hybridized carbons (Fsp3) is 0.686. The Morgan fingerprint density at radius 1 is 1.05 bits per heavy atom. The zero-order valence-electron chi connectivity index (χ0n) is 27.2. The van der Waals surface area contributed by atoms with E-state index in [4.69, 9.17) is 14.6 Å². The Hall–Kier alpha value is -2.35. The molecule has 1 aromatic heterocycles. The minimum absolute atomic E-state index is 0.00543. The van der Waals surface area contributed by atoms with Crippen LogP contribution in [0.1, 0.15) is 97.0 Å². The molecule has 1 aromatic carbocycles. The highest BCUT2D eigenvalue weighted by atomic mass is 16.5. The number of unbranched alkanes of at least 4 members (excludes halogenated alkanes) is 3. The zero-order chi connectivity index (χ0) is 30.8. The van der Waals surface area contributed by atoms with Crippen LogP contribution in [0.5, 0.6) is 5.75 Å². The number of hydrogen-bond acceptors (Lipinski definition) is 6. The van der Waals surface area contributed by atoms with Crippen LogP contribution in [0.3, 0.4) is 0 Å². The average Bonchev–Trinajstić information content (AvgIpc) is 3.56. The maximum absolute atomic E-state index is 12.8. The van der Waals surface area contributed by atoms with Crippen LogP contribution >= 0.6 is 0 Å². The lowest BCUT2D eigenvalue weighted by Gasteiger charge is -2.26. The first kappa shape index (κ1) is 37.7. The summed E-state index contributed by atoms with van der Waals surface area (Å²) in [5.74, 6) is 1.74. The normalized spacial score (nSPS) is 15.0. The number of benzene rings is 1. The van der Waals surface area contributed by atoms with Gasteiger partial charge in [0.15, 0.2) is 0 Å². The van der Waals surface area contributed by atoms with Gasteiger partial charge in [0.1, 0.15) is 12.4 Å². The second-order valence-electron chi connectivity index (χ2n) is 11.0. The molecule has 1 saturated heterocycles. The van der Waals surface area contributed by atoms with Crippen molar-refractivity contribution >= 4 is 10.9 Å². The van der Waals surface area contributed by atoms with Gasteiger partial charge in [-0.15, -0.1) is 0 Å². The van der Waals surface area contributed by atoms with Gasteiger partial charge in [0.2, 0.25) is 0 Å². The van der Waals surface area contributed by atoms with Crippen LogP contribution in [0.4, 0.5) is 0 Å². The topological polar surface area (TPSA) is 86.8 Å². The summed E-state index contributed by atoms with van der Waals surface area (Å²) in [6, 6.07) is 7.98. The SMILES string of the molecule is C=CNCCC.CCCC.CO.O=c1[nH]c2ccccc2c(OCCN2CCOCC2)c1CCCCCC1CCCC1. The van der Waals surface area contributed by atoms with Crippen LogP contribution in [0, 0.1) is 5.92 Å². The van der Waals surface area contributed by atoms with Crippen molar-refractivity contribution in [3.8, 4) is 5.75 Å². The highest BCUT2D eigenvalue weighted by molar-refractivity contribution is 5.86. The van der Waals surface area contributed by atoms with E-state index in [1.165, 1.54) is 64.2 Å². The molecule has 1 saturated carbocycles. The number of hydrogen-bond donors (Lipinski definition) is 3. The molecule has 2 fully saturated rings. The molecule has 0 amide bonds. The Kier molecular flexibility index (Phi) is 22.6. The molecule has 2 aliphatic rings. The first-order chi connectivity index (χ1) is 20.6. The van der Waals surface area contributed by atoms with E-state index in [0.717, 1.165) is 87.5 Å². The summed E-state index contributed by atoms with van der Waals surface area (Å²) < 4.78 is 11.7. The van der Waals surface area contributed by atoms with E-state index in [2.05, 4.69) is 48.6 Å². The minimum Gasteiger partial charge on any atom is -0.491 e. The fourth-order valence-corrected chi connectivity index (χ4v) is 5.20. The molecule has 1 aliphatic carbocycles. The van der Waals surface area contributed by atoms with E-state index in [0.29, 0.717) is 6.61 Å². The first-order valence-electron chi connectivity index (χ1n) is 16.5.